The van der Waals surface area contributed by atoms with Gasteiger partial charge in [-0.1, -0.05) is 12.1 Å². The van der Waals surface area contributed by atoms with Crippen molar-refractivity contribution in [1.82, 2.24) is 0 Å². The SMILES string of the molecule is CO[Si](CCCOCc1ccccc1[N+](=O)[O-])(OC)OC. The molecule has 0 amide bonds. The standard InChI is InChI=1S/C13H21NO6Si/c1-17-21(18-2,19-3)10-6-9-20-11-12-7-4-5-8-13(12)14(15)16/h4-5,7-8H,6,9-11H2,1-3H3. The third-order valence-electron chi connectivity index (χ3n) is 3.15. The van der Waals surface area contributed by atoms with Crippen LogP contribution in [0.4, 0.5) is 5.69 Å². The average molecular weight is 315 g/mol. The fourth-order valence-electron chi connectivity index (χ4n) is 1.94. The Morgan fingerprint density at radius 1 is 1.14 bits per heavy atom. The summed E-state index contributed by atoms with van der Waals surface area (Å²) in [4.78, 5) is 10.5. The second-order valence-corrected chi connectivity index (χ2v) is 7.43. The van der Waals surface area contributed by atoms with Crippen LogP contribution in [0.2, 0.25) is 6.04 Å². The highest BCUT2D eigenvalue weighted by atomic mass is 28.4. The monoisotopic (exact) mass is 315 g/mol. The van der Waals surface area contributed by atoms with Crippen LogP contribution < -0.4 is 0 Å². The number of hydrogen-bond donors (Lipinski definition) is 0. The lowest BCUT2D eigenvalue weighted by atomic mass is 10.2. The summed E-state index contributed by atoms with van der Waals surface area (Å²) in [5.41, 5.74) is 0.642. The predicted octanol–water partition coefficient (Wildman–Crippen LogP) is 2.38. The van der Waals surface area contributed by atoms with Crippen molar-refractivity contribution in [1.29, 1.82) is 0 Å². The summed E-state index contributed by atoms with van der Waals surface area (Å²) in [6, 6.07) is 7.18. The van der Waals surface area contributed by atoms with Crippen molar-refractivity contribution in [3.8, 4) is 0 Å². The molecule has 8 heteroatoms. The predicted molar refractivity (Wildman–Crippen MR) is 79.0 cm³/mol. The Morgan fingerprint density at radius 3 is 2.33 bits per heavy atom. The summed E-state index contributed by atoms with van der Waals surface area (Å²) in [6.45, 7) is 0.662. The number of ether oxygens (including phenoxy) is 1. The molecule has 0 spiro atoms. The van der Waals surface area contributed by atoms with Crippen LogP contribution in [0, 0.1) is 10.1 Å². The molecule has 0 heterocycles. The molecule has 1 aromatic rings. The number of hydrogen-bond acceptors (Lipinski definition) is 6. The van der Waals surface area contributed by atoms with Crippen LogP contribution in [-0.4, -0.2) is 41.7 Å². The second-order valence-electron chi connectivity index (χ2n) is 4.34. The molecular weight excluding hydrogens is 294 g/mol. The van der Waals surface area contributed by atoms with Crippen molar-refractivity contribution in [2.24, 2.45) is 0 Å². The van der Waals surface area contributed by atoms with E-state index < -0.39 is 13.7 Å². The maximum atomic E-state index is 10.9. The van der Waals surface area contributed by atoms with Gasteiger partial charge in [0.15, 0.2) is 0 Å². The van der Waals surface area contributed by atoms with Gasteiger partial charge in [-0.05, 0) is 12.5 Å². The Balaban J connectivity index is 2.40. The average Bonchev–Trinajstić information content (AvgIpc) is 2.52. The van der Waals surface area contributed by atoms with Crippen LogP contribution >= 0.6 is 0 Å². The number of rotatable bonds is 10. The topological polar surface area (TPSA) is 80.1 Å². The van der Waals surface area contributed by atoms with Gasteiger partial charge in [0.05, 0.1) is 17.1 Å². The van der Waals surface area contributed by atoms with Gasteiger partial charge in [0.25, 0.3) is 5.69 Å². The van der Waals surface area contributed by atoms with Crippen molar-refractivity contribution in [3.05, 3.63) is 39.9 Å². The minimum atomic E-state index is -2.56. The van der Waals surface area contributed by atoms with Gasteiger partial charge in [0.1, 0.15) is 0 Å². The Labute approximate surface area is 125 Å². The summed E-state index contributed by atoms with van der Waals surface area (Å²) in [7, 11) is 2.13. The van der Waals surface area contributed by atoms with E-state index in [2.05, 4.69) is 0 Å². The zero-order valence-electron chi connectivity index (χ0n) is 12.5. The molecule has 0 aliphatic carbocycles. The Morgan fingerprint density at radius 2 is 1.76 bits per heavy atom. The molecule has 0 atom stereocenters. The number of nitrogens with zero attached hydrogens (tertiary/aromatic N) is 1. The molecule has 7 nitrogen and oxygen atoms in total. The molecule has 21 heavy (non-hydrogen) atoms. The first-order valence-electron chi connectivity index (χ1n) is 6.54. The summed E-state index contributed by atoms with van der Waals surface area (Å²) >= 11 is 0. The Hall–Kier alpha value is -1.32. The lowest BCUT2D eigenvalue weighted by Crippen LogP contribution is -2.42. The van der Waals surface area contributed by atoms with Crippen molar-refractivity contribution < 1.29 is 22.9 Å². The molecule has 0 saturated carbocycles. The quantitative estimate of drug-likeness (QED) is 0.285. The number of benzene rings is 1. The molecule has 0 aliphatic heterocycles. The minimum absolute atomic E-state index is 0.0758. The van der Waals surface area contributed by atoms with Gasteiger partial charge in [-0.2, -0.15) is 0 Å². The molecule has 0 unspecified atom stereocenters. The lowest BCUT2D eigenvalue weighted by molar-refractivity contribution is -0.385. The third-order valence-corrected chi connectivity index (χ3v) is 5.98. The third kappa shape index (κ3) is 5.18. The Kier molecular flexibility index (Phi) is 7.47. The smallest absolute Gasteiger partial charge is 0.377 e. The largest absolute Gasteiger partial charge is 0.500 e. The van der Waals surface area contributed by atoms with Crippen LogP contribution in [0.25, 0.3) is 0 Å². The van der Waals surface area contributed by atoms with Crippen LogP contribution in [0.3, 0.4) is 0 Å². The van der Waals surface area contributed by atoms with E-state index in [-0.39, 0.29) is 12.3 Å². The van der Waals surface area contributed by atoms with E-state index in [9.17, 15) is 10.1 Å². The first-order valence-corrected chi connectivity index (χ1v) is 8.47. The molecule has 0 aromatic heterocycles. The maximum Gasteiger partial charge on any atom is 0.500 e. The minimum Gasteiger partial charge on any atom is -0.377 e. The fraction of sp³-hybridized carbons (Fsp3) is 0.538. The van der Waals surface area contributed by atoms with E-state index in [1.54, 1.807) is 39.5 Å². The second kappa shape index (κ2) is 8.85. The molecule has 1 aromatic carbocycles. The molecule has 1 rings (SSSR count). The number of para-hydroxylation sites is 1. The maximum absolute atomic E-state index is 10.9. The van der Waals surface area contributed by atoms with Gasteiger partial charge in [-0.15, -0.1) is 0 Å². The van der Waals surface area contributed by atoms with Gasteiger partial charge in [-0.3, -0.25) is 10.1 Å². The first kappa shape index (κ1) is 17.7. The van der Waals surface area contributed by atoms with Gasteiger partial charge in [0.2, 0.25) is 0 Å². The highest BCUT2D eigenvalue weighted by Gasteiger charge is 2.36. The zero-order valence-corrected chi connectivity index (χ0v) is 13.5. The summed E-state index contributed by atoms with van der Waals surface area (Å²) in [5, 5.41) is 10.9. The van der Waals surface area contributed by atoms with Gasteiger partial charge < -0.3 is 18.0 Å². The highest BCUT2D eigenvalue weighted by molar-refractivity contribution is 6.60. The van der Waals surface area contributed by atoms with Gasteiger partial charge in [0, 0.05) is 40.0 Å². The van der Waals surface area contributed by atoms with Crippen molar-refractivity contribution in [3.63, 3.8) is 0 Å². The molecule has 0 fully saturated rings. The molecule has 118 valence electrons. The van der Waals surface area contributed by atoms with Crippen molar-refractivity contribution in [2.45, 2.75) is 19.1 Å². The van der Waals surface area contributed by atoms with Crippen molar-refractivity contribution in [2.75, 3.05) is 27.9 Å². The summed E-state index contributed by atoms with van der Waals surface area (Å²) < 4.78 is 21.4. The van der Waals surface area contributed by atoms with Crippen LogP contribution in [0.15, 0.2) is 24.3 Å². The summed E-state index contributed by atoms with van der Waals surface area (Å²) in [5.74, 6) is 0. The van der Waals surface area contributed by atoms with Crippen molar-refractivity contribution >= 4 is 14.5 Å². The van der Waals surface area contributed by atoms with E-state index in [1.165, 1.54) is 6.07 Å². The van der Waals surface area contributed by atoms with Crippen LogP contribution in [0.5, 0.6) is 0 Å². The van der Waals surface area contributed by atoms with Gasteiger partial charge in [-0.25, -0.2) is 0 Å². The molecule has 0 saturated heterocycles. The van der Waals surface area contributed by atoms with E-state index in [1.807, 2.05) is 0 Å². The fourth-order valence-corrected chi connectivity index (χ4v) is 3.63. The van der Waals surface area contributed by atoms with Gasteiger partial charge >= 0.3 is 8.80 Å². The van der Waals surface area contributed by atoms with Crippen LogP contribution in [-0.2, 0) is 24.6 Å². The van der Waals surface area contributed by atoms with Crippen LogP contribution in [0.1, 0.15) is 12.0 Å². The number of nitro groups is 1. The van der Waals surface area contributed by atoms with E-state index in [4.69, 9.17) is 18.0 Å². The molecule has 0 N–H and O–H groups in total. The van der Waals surface area contributed by atoms with E-state index in [0.29, 0.717) is 24.6 Å². The molecule has 0 radical (unpaired) electrons. The summed E-state index contributed by atoms with van der Waals surface area (Å²) in [6.07, 6.45) is 0.697. The van der Waals surface area contributed by atoms with E-state index in [0.717, 1.165) is 0 Å². The lowest BCUT2D eigenvalue weighted by Gasteiger charge is -2.24. The molecular formula is C13H21NO6Si. The highest BCUT2D eigenvalue weighted by Crippen LogP contribution is 2.19. The Bertz CT molecular complexity index is 444. The molecule has 0 aliphatic rings. The zero-order chi connectivity index (χ0) is 15.7. The van der Waals surface area contributed by atoms with E-state index >= 15 is 0 Å². The normalized spacial score (nSPS) is 11.6. The first-order chi connectivity index (χ1) is 10.1. The molecule has 0 bridgehead atoms. The number of nitro benzene ring substituents is 1.